The van der Waals surface area contributed by atoms with Crippen molar-refractivity contribution < 1.29 is 9.18 Å². The van der Waals surface area contributed by atoms with E-state index in [9.17, 15) is 9.18 Å². The topological polar surface area (TPSA) is 20.3 Å². The van der Waals surface area contributed by atoms with Crippen LogP contribution in [0.2, 0.25) is 0 Å². The lowest BCUT2D eigenvalue weighted by Crippen LogP contribution is -2.37. The molecule has 4 heteroatoms. The van der Waals surface area contributed by atoms with Gasteiger partial charge in [-0.25, -0.2) is 4.39 Å². The second-order valence-electron chi connectivity index (χ2n) is 4.59. The Kier molecular flexibility index (Phi) is 3.52. The number of amides is 1. The van der Waals surface area contributed by atoms with Crippen LogP contribution in [0.15, 0.2) is 22.7 Å². The van der Waals surface area contributed by atoms with Gasteiger partial charge in [0, 0.05) is 17.6 Å². The number of carbonyl (C=O) groups is 1. The van der Waals surface area contributed by atoms with E-state index in [0.29, 0.717) is 10.4 Å². The highest BCUT2D eigenvalue weighted by Crippen LogP contribution is 2.35. The molecule has 1 aromatic carbocycles. The summed E-state index contributed by atoms with van der Waals surface area (Å²) in [6.45, 7) is 2.02. The Morgan fingerprint density at radius 2 is 2.18 bits per heavy atom. The van der Waals surface area contributed by atoms with Crippen molar-refractivity contribution in [2.45, 2.75) is 25.8 Å². The first kappa shape index (κ1) is 12.6. The summed E-state index contributed by atoms with van der Waals surface area (Å²) in [5.74, 6) is -0.150. The number of nitrogens with zero attached hydrogens (tertiary/aromatic N) is 1. The first-order valence-electron chi connectivity index (χ1n) is 5.73. The van der Waals surface area contributed by atoms with Gasteiger partial charge in [0.15, 0.2) is 0 Å². The minimum atomic E-state index is -0.473. The van der Waals surface area contributed by atoms with Crippen LogP contribution in [-0.2, 0) is 0 Å². The molecule has 1 aliphatic carbocycles. The predicted molar refractivity (Wildman–Crippen MR) is 68.4 cm³/mol. The molecule has 0 spiro atoms. The summed E-state index contributed by atoms with van der Waals surface area (Å²) in [6.07, 6.45) is 2.33. The summed E-state index contributed by atoms with van der Waals surface area (Å²) < 4.78 is 14.2. The van der Waals surface area contributed by atoms with Gasteiger partial charge in [-0.2, -0.15) is 0 Å². The van der Waals surface area contributed by atoms with E-state index in [1.807, 2.05) is 6.92 Å². The van der Waals surface area contributed by atoms with E-state index in [-0.39, 0.29) is 17.5 Å². The van der Waals surface area contributed by atoms with Gasteiger partial charge < -0.3 is 4.90 Å². The van der Waals surface area contributed by atoms with Crippen molar-refractivity contribution in [3.8, 4) is 0 Å². The van der Waals surface area contributed by atoms with Gasteiger partial charge in [0.2, 0.25) is 0 Å². The monoisotopic (exact) mass is 299 g/mol. The molecule has 0 aromatic heterocycles. The van der Waals surface area contributed by atoms with E-state index >= 15 is 0 Å². The second kappa shape index (κ2) is 4.77. The largest absolute Gasteiger partial charge is 0.339 e. The zero-order valence-corrected chi connectivity index (χ0v) is 11.5. The van der Waals surface area contributed by atoms with Crippen molar-refractivity contribution in [2.75, 3.05) is 7.05 Å². The van der Waals surface area contributed by atoms with Gasteiger partial charge in [-0.3, -0.25) is 4.79 Å². The van der Waals surface area contributed by atoms with Crippen LogP contribution in [0.25, 0.3) is 0 Å². The average molecular weight is 300 g/mol. The van der Waals surface area contributed by atoms with Crippen molar-refractivity contribution in [1.29, 1.82) is 0 Å². The summed E-state index contributed by atoms with van der Waals surface area (Å²) in [5, 5.41) is 0. The second-order valence-corrected chi connectivity index (χ2v) is 5.45. The third kappa shape index (κ3) is 2.51. The number of halogens is 2. The minimum absolute atomic E-state index is 0.127. The maximum atomic E-state index is 13.7. The van der Waals surface area contributed by atoms with Crippen molar-refractivity contribution in [1.82, 2.24) is 4.90 Å². The molecule has 1 saturated carbocycles. The smallest absolute Gasteiger partial charge is 0.257 e. The fraction of sp³-hybridized carbons (Fsp3) is 0.462. The molecule has 2 nitrogen and oxygen atoms in total. The van der Waals surface area contributed by atoms with E-state index in [1.165, 1.54) is 6.07 Å². The Morgan fingerprint density at radius 1 is 1.53 bits per heavy atom. The summed E-state index contributed by atoms with van der Waals surface area (Å²) in [7, 11) is 1.74. The minimum Gasteiger partial charge on any atom is -0.339 e. The maximum Gasteiger partial charge on any atom is 0.257 e. The number of rotatable bonds is 3. The van der Waals surface area contributed by atoms with Crippen LogP contribution in [0, 0.1) is 11.7 Å². The van der Waals surface area contributed by atoms with Gasteiger partial charge >= 0.3 is 0 Å². The highest BCUT2D eigenvalue weighted by molar-refractivity contribution is 9.10. The lowest BCUT2D eigenvalue weighted by Gasteiger charge is -2.25. The average Bonchev–Trinajstić information content (AvgIpc) is 3.10. The number of hydrogen-bond donors (Lipinski definition) is 0. The van der Waals surface area contributed by atoms with E-state index in [2.05, 4.69) is 15.9 Å². The van der Waals surface area contributed by atoms with Crippen LogP contribution in [0.4, 0.5) is 4.39 Å². The van der Waals surface area contributed by atoms with Crippen LogP contribution < -0.4 is 0 Å². The lowest BCUT2D eigenvalue weighted by molar-refractivity contribution is 0.0721. The molecule has 2 rings (SSSR count). The Bertz CT molecular complexity index is 425. The van der Waals surface area contributed by atoms with Crippen LogP contribution in [0.3, 0.4) is 0 Å². The molecule has 1 aliphatic rings. The van der Waals surface area contributed by atoms with Crippen LogP contribution in [-0.4, -0.2) is 23.9 Å². The molecule has 0 aliphatic heterocycles. The van der Waals surface area contributed by atoms with Crippen molar-refractivity contribution in [3.63, 3.8) is 0 Å². The van der Waals surface area contributed by atoms with Gasteiger partial charge in [0.1, 0.15) is 5.82 Å². The molecule has 0 radical (unpaired) electrons. The highest BCUT2D eigenvalue weighted by atomic mass is 79.9. The van der Waals surface area contributed by atoms with Crippen molar-refractivity contribution in [3.05, 3.63) is 34.1 Å². The van der Waals surface area contributed by atoms with E-state index < -0.39 is 5.82 Å². The number of carbonyl (C=O) groups excluding carboxylic acids is 1. The Morgan fingerprint density at radius 3 is 2.71 bits per heavy atom. The Balaban J connectivity index is 2.24. The molecule has 0 saturated heterocycles. The molecule has 1 unspecified atom stereocenters. The third-order valence-corrected chi connectivity index (χ3v) is 4.07. The van der Waals surface area contributed by atoms with E-state index in [1.54, 1.807) is 24.1 Å². The van der Waals surface area contributed by atoms with Crippen LogP contribution in [0.1, 0.15) is 30.1 Å². The Labute approximate surface area is 109 Å². The SMILES string of the molecule is CC(C1CC1)N(C)C(=O)c1c(F)cccc1Br. The third-order valence-electron chi connectivity index (χ3n) is 3.41. The molecular formula is C13H15BrFNO. The van der Waals surface area contributed by atoms with Crippen molar-refractivity contribution >= 4 is 21.8 Å². The van der Waals surface area contributed by atoms with Crippen LogP contribution >= 0.6 is 15.9 Å². The van der Waals surface area contributed by atoms with Gasteiger partial charge in [0.05, 0.1) is 5.56 Å². The molecule has 17 heavy (non-hydrogen) atoms. The van der Waals surface area contributed by atoms with Gasteiger partial charge in [-0.05, 0) is 53.7 Å². The fourth-order valence-corrected chi connectivity index (χ4v) is 2.47. The highest BCUT2D eigenvalue weighted by Gasteiger charge is 2.33. The molecule has 1 aromatic rings. The predicted octanol–water partition coefficient (Wildman–Crippen LogP) is 3.46. The van der Waals surface area contributed by atoms with Crippen molar-refractivity contribution in [2.24, 2.45) is 5.92 Å². The van der Waals surface area contributed by atoms with Gasteiger partial charge in [-0.15, -0.1) is 0 Å². The molecule has 1 atom stereocenters. The standard InChI is InChI=1S/C13H15BrFNO/c1-8(9-6-7-9)16(2)13(17)12-10(14)4-3-5-11(12)15/h3-5,8-9H,6-7H2,1-2H3. The molecule has 1 amide bonds. The summed E-state index contributed by atoms with van der Waals surface area (Å²) in [6, 6.07) is 4.76. The number of benzene rings is 1. The zero-order valence-electron chi connectivity index (χ0n) is 9.91. The molecule has 0 N–H and O–H groups in total. The molecule has 92 valence electrons. The number of hydrogen-bond acceptors (Lipinski definition) is 1. The first-order valence-corrected chi connectivity index (χ1v) is 6.53. The van der Waals surface area contributed by atoms with Crippen LogP contribution in [0.5, 0.6) is 0 Å². The van der Waals surface area contributed by atoms with E-state index in [0.717, 1.165) is 12.8 Å². The maximum absolute atomic E-state index is 13.7. The molecule has 0 heterocycles. The van der Waals surface area contributed by atoms with Gasteiger partial charge in [-0.1, -0.05) is 6.07 Å². The zero-order chi connectivity index (χ0) is 12.6. The summed E-state index contributed by atoms with van der Waals surface area (Å²) in [5.41, 5.74) is 0.127. The first-order chi connectivity index (χ1) is 8.02. The summed E-state index contributed by atoms with van der Waals surface area (Å²) in [4.78, 5) is 13.9. The quantitative estimate of drug-likeness (QED) is 0.837. The molecule has 1 fully saturated rings. The molecular weight excluding hydrogens is 285 g/mol. The lowest BCUT2D eigenvalue weighted by atomic mass is 10.1. The molecule has 0 bridgehead atoms. The normalized spacial score (nSPS) is 16.7. The van der Waals surface area contributed by atoms with E-state index in [4.69, 9.17) is 0 Å². The fourth-order valence-electron chi connectivity index (χ4n) is 1.96. The van der Waals surface area contributed by atoms with Gasteiger partial charge in [0.25, 0.3) is 5.91 Å². The Hall–Kier alpha value is -0.900. The summed E-state index contributed by atoms with van der Waals surface area (Å²) >= 11 is 3.23.